The summed E-state index contributed by atoms with van der Waals surface area (Å²) in [5.74, 6) is -0.171. The van der Waals surface area contributed by atoms with Crippen molar-refractivity contribution in [2.75, 3.05) is 12.4 Å². The van der Waals surface area contributed by atoms with Gasteiger partial charge in [0.05, 0.1) is 19.2 Å². The van der Waals surface area contributed by atoms with E-state index in [9.17, 15) is 14.4 Å². The minimum absolute atomic E-state index is 0.0509. The summed E-state index contributed by atoms with van der Waals surface area (Å²) in [7, 11) is 1.31. The Balaban J connectivity index is 1.60. The number of carbonyl (C=O) groups excluding carboxylic acids is 3. The third kappa shape index (κ3) is 5.39. The average molecular weight is 411 g/mol. The van der Waals surface area contributed by atoms with Gasteiger partial charge in [-0.3, -0.25) is 19.7 Å². The maximum atomic E-state index is 12.4. The lowest BCUT2D eigenvalue weighted by atomic mass is 10.2. The number of esters is 1. The van der Waals surface area contributed by atoms with E-state index in [1.54, 1.807) is 53.9 Å². The lowest BCUT2D eigenvalue weighted by Gasteiger charge is -2.07. The Bertz CT molecular complexity index is 1030. The Kier molecular flexibility index (Phi) is 6.20. The summed E-state index contributed by atoms with van der Waals surface area (Å²) < 4.78 is 10.3. The molecule has 8 nitrogen and oxygen atoms in total. The van der Waals surface area contributed by atoms with Crippen LogP contribution in [0.1, 0.15) is 26.4 Å². The first kappa shape index (κ1) is 20.0. The van der Waals surface area contributed by atoms with Gasteiger partial charge in [0.15, 0.2) is 5.13 Å². The zero-order valence-corrected chi connectivity index (χ0v) is 16.2. The first-order chi connectivity index (χ1) is 13.9. The third-order valence-corrected chi connectivity index (χ3v) is 4.62. The number of nitrogens with one attached hydrogen (secondary N) is 1. The molecule has 0 fully saturated rings. The standard InChI is InChI=1S/C20H17N3O5S/c1-27-17(24)10-14-11-29-20(22-14)23-19(26)13-4-8-16(9-5-13)28-15-6-2-12(3-7-15)18(21)25/h2-9,11H,10H2,1H3,(H2,21,25)(H,22,23,26). The molecule has 9 heteroatoms. The molecule has 0 aliphatic heterocycles. The number of ether oxygens (including phenoxy) is 2. The van der Waals surface area contributed by atoms with Crippen molar-refractivity contribution in [2.24, 2.45) is 5.73 Å². The van der Waals surface area contributed by atoms with Gasteiger partial charge in [-0.05, 0) is 48.5 Å². The normalized spacial score (nSPS) is 10.2. The molecule has 0 unspecified atom stereocenters. The van der Waals surface area contributed by atoms with Crippen molar-refractivity contribution >= 4 is 34.3 Å². The predicted molar refractivity (Wildman–Crippen MR) is 107 cm³/mol. The van der Waals surface area contributed by atoms with Gasteiger partial charge in [0.1, 0.15) is 11.5 Å². The fourth-order valence-corrected chi connectivity index (χ4v) is 3.04. The highest BCUT2D eigenvalue weighted by atomic mass is 32.1. The molecule has 0 spiro atoms. The van der Waals surface area contributed by atoms with E-state index in [0.29, 0.717) is 33.5 Å². The maximum absolute atomic E-state index is 12.4. The molecule has 1 aromatic heterocycles. The molecule has 0 aliphatic rings. The number of anilines is 1. The number of methoxy groups -OCH3 is 1. The van der Waals surface area contributed by atoms with Crippen LogP contribution in [-0.2, 0) is 16.0 Å². The predicted octanol–water partition coefficient (Wildman–Crippen LogP) is 3.00. The van der Waals surface area contributed by atoms with Crippen LogP contribution in [0.4, 0.5) is 5.13 Å². The number of hydrogen-bond donors (Lipinski definition) is 2. The lowest BCUT2D eigenvalue weighted by molar-refractivity contribution is -0.139. The monoisotopic (exact) mass is 411 g/mol. The van der Waals surface area contributed by atoms with Crippen molar-refractivity contribution in [2.45, 2.75) is 6.42 Å². The van der Waals surface area contributed by atoms with Crippen molar-refractivity contribution in [1.29, 1.82) is 0 Å². The molecule has 0 aliphatic carbocycles. The molecule has 3 aromatic rings. The fourth-order valence-electron chi connectivity index (χ4n) is 2.33. The second-order valence-corrected chi connectivity index (χ2v) is 6.72. The summed E-state index contributed by atoms with van der Waals surface area (Å²) >= 11 is 1.22. The molecule has 2 aromatic carbocycles. The number of amides is 2. The molecular formula is C20H17N3O5S. The van der Waals surface area contributed by atoms with Crippen LogP contribution in [0.15, 0.2) is 53.9 Å². The molecule has 3 rings (SSSR count). The molecule has 0 saturated carbocycles. The van der Waals surface area contributed by atoms with Gasteiger partial charge in [-0.15, -0.1) is 11.3 Å². The first-order valence-corrected chi connectivity index (χ1v) is 9.33. The van der Waals surface area contributed by atoms with Gasteiger partial charge >= 0.3 is 5.97 Å². The van der Waals surface area contributed by atoms with Gasteiger partial charge in [0, 0.05) is 16.5 Å². The second kappa shape index (κ2) is 8.98. The Morgan fingerprint density at radius 2 is 1.59 bits per heavy atom. The third-order valence-electron chi connectivity index (χ3n) is 3.82. The van der Waals surface area contributed by atoms with Gasteiger partial charge in [-0.2, -0.15) is 0 Å². The number of aromatic nitrogens is 1. The highest BCUT2D eigenvalue weighted by Crippen LogP contribution is 2.23. The SMILES string of the molecule is COC(=O)Cc1csc(NC(=O)c2ccc(Oc3ccc(C(N)=O)cc3)cc2)n1. The van der Waals surface area contributed by atoms with Crippen molar-refractivity contribution < 1.29 is 23.9 Å². The van der Waals surface area contributed by atoms with E-state index in [1.165, 1.54) is 18.4 Å². The molecular weight excluding hydrogens is 394 g/mol. The summed E-state index contributed by atoms with van der Waals surface area (Å²) in [5, 5.41) is 4.77. The van der Waals surface area contributed by atoms with Crippen molar-refractivity contribution in [3.8, 4) is 11.5 Å². The fraction of sp³-hybridized carbons (Fsp3) is 0.100. The molecule has 1 heterocycles. The summed E-state index contributed by atoms with van der Waals surface area (Å²) in [6.07, 6.45) is 0.0509. The number of thiazole rings is 1. The minimum atomic E-state index is -0.510. The van der Waals surface area contributed by atoms with Crippen LogP contribution >= 0.6 is 11.3 Å². The summed E-state index contributed by atoms with van der Waals surface area (Å²) in [6, 6.07) is 13.0. The Hall–Kier alpha value is -3.72. The van der Waals surface area contributed by atoms with E-state index < -0.39 is 11.9 Å². The lowest BCUT2D eigenvalue weighted by Crippen LogP contribution is -2.12. The number of carbonyl (C=O) groups is 3. The zero-order valence-electron chi connectivity index (χ0n) is 15.4. The molecule has 2 amide bonds. The molecule has 0 bridgehead atoms. The number of benzene rings is 2. The van der Waals surface area contributed by atoms with Crippen LogP contribution in [0.5, 0.6) is 11.5 Å². The summed E-state index contributed by atoms with van der Waals surface area (Å²) in [6.45, 7) is 0. The van der Waals surface area contributed by atoms with Crippen LogP contribution in [0, 0.1) is 0 Å². The van der Waals surface area contributed by atoms with Crippen LogP contribution in [0.3, 0.4) is 0 Å². The number of rotatable bonds is 7. The van der Waals surface area contributed by atoms with Gasteiger partial charge in [-0.1, -0.05) is 0 Å². The Morgan fingerprint density at radius 1 is 1.00 bits per heavy atom. The number of hydrogen-bond acceptors (Lipinski definition) is 7. The van der Waals surface area contributed by atoms with Crippen molar-refractivity contribution in [3.05, 3.63) is 70.7 Å². The number of primary amides is 1. The van der Waals surface area contributed by atoms with Crippen LogP contribution in [-0.4, -0.2) is 29.9 Å². The quantitative estimate of drug-likeness (QED) is 0.577. The molecule has 0 radical (unpaired) electrons. The Labute approximate surface area is 170 Å². The highest BCUT2D eigenvalue weighted by molar-refractivity contribution is 7.14. The van der Waals surface area contributed by atoms with Crippen LogP contribution in [0.25, 0.3) is 0 Å². The molecule has 148 valence electrons. The smallest absolute Gasteiger partial charge is 0.311 e. The second-order valence-electron chi connectivity index (χ2n) is 5.87. The number of nitrogens with zero attached hydrogens (tertiary/aromatic N) is 1. The number of nitrogens with two attached hydrogens (primary N) is 1. The van der Waals surface area contributed by atoms with E-state index in [0.717, 1.165) is 0 Å². The minimum Gasteiger partial charge on any atom is -0.469 e. The maximum Gasteiger partial charge on any atom is 0.311 e. The largest absolute Gasteiger partial charge is 0.469 e. The summed E-state index contributed by atoms with van der Waals surface area (Å²) in [5.41, 5.74) is 6.55. The van der Waals surface area contributed by atoms with E-state index >= 15 is 0 Å². The van der Waals surface area contributed by atoms with Crippen molar-refractivity contribution in [1.82, 2.24) is 4.98 Å². The molecule has 3 N–H and O–H groups in total. The van der Waals surface area contributed by atoms with Gasteiger partial charge in [0.25, 0.3) is 5.91 Å². The summed E-state index contributed by atoms with van der Waals surface area (Å²) in [4.78, 5) is 38.9. The molecule has 0 atom stereocenters. The van der Waals surface area contributed by atoms with Crippen LogP contribution < -0.4 is 15.8 Å². The molecule has 0 saturated heterocycles. The highest BCUT2D eigenvalue weighted by Gasteiger charge is 2.12. The van der Waals surface area contributed by atoms with Gasteiger partial charge in [-0.25, -0.2) is 4.98 Å². The topological polar surface area (TPSA) is 121 Å². The zero-order chi connectivity index (χ0) is 20.8. The molecule has 29 heavy (non-hydrogen) atoms. The van der Waals surface area contributed by atoms with E-state index in [2.05, 4.69) is 15.0 Å². The van der Waals surface area contributed by atoms with Gasteiger partial charge < -0.3 is 15.2 Å². The van der Waals surface area contributed by atoms with Crippen molar-refractivity contribution in [3.63, 3.8) is 0 Å². The van der Waals surface area contributed by atoms with E-state index in [-0.39, 0.29) is 12.3 Å². The van der Waals surface area contributed by atoms with E-state index in [4.69, 9.17) is 10.5 Å². The van der Waals surface area contributed by atoms with Crippen LogP contribution in [0.2, 0.25) is 0 Å². The van der Waals surface area contributed by atoms with Gasteiger partial charge in [0.2, 0.25) is 5.91 Å². The Morgan fingerprint density at radius 3 is 2.14 bits per heavy atom. The van der Waals surface area contributed by atoms with E-state index in [1.807, 2.05) is 0 Å². The first-order valence-electron chi connectivity index (χ1n) is 8.45. The average Bonchev–Trinajstić information content (AvgIpc) is 3.15.